The molecule has 184 valence electrons. The van der Waals surface area contributed by atoms with Gasteiger partial charge in [0.05, 0.1) is 0 Å². The number of hydrogen-bond donors (Lipinski definition) is 0. The summed E-state index contributed by atoms with van der Waals surface area (Å²) in [5.41, 5.74) is 0.124. The number of pyridine rings is 4. The van der Waals surface area contributed by atoms with E-state index in [1.807, 2.05) is 0 Å². The standard InChI is InChI=1S/C23H14F2N6O4.Pt/c1-23(2,17-7-3-5-15(26-17)13-9-11-19(30(32)33)28-21(13)24)18-8-4-6-16(27-18)14-10-12-20(31(34)35)29-22(14)25;/h3-8,11-12H,1-2H3;/q-2;+2. The predicted molar refractivity (Wildman–Crippen MR) is 118 cm³/mol. The summed E-state index contributed by atoms with van der Waals surface area (Å²) in [7, 11) is 0. The number of halogens is 2. The van der Waals surface area contributed by atoms with Gasteiger partial charge in [0, 0.05) is 16.8 Å². The van der Waals surface area contributed by atoms with Crippen molar-refractivity contribution in [3.05, 3.63) is 104 Å². The molecule has 0 N–H and O–H groups in total. The van der Waals surface area contributed by atoms with E-state index in [0.717, 1.165) is 12.1 Å². The number of rotatable bonds is 6. The second-order valence-corrected chi connectivity index (χ2v) is 7.80. The summed E-state index contributed by atoms with van der Waals surface area (Å²) in [6.45, 7) is 3.60. The molecule has 0 aliphatic heterocycles. The maximum Gasteiger partial charge on any atom is 2.00 e. The fourth-order valence-corrected chi connectivity index (χ4v) is 3.29. The van der Waals surface area contributed by atoms with Crippen LogP contribution in [0.4, 0.5) is 20.4 Å². The van der Waals surface area contributed by atoms with Crippen LogP contribution >= 0.6 is 0 Å². The van der Waals surface area contributed by atoms with E-state index >= 15 is 0 Å². The van der Waals surface area contributed by atoms with Crippen LogP contribution in [0, 0.1) is 44.3 Å². The molecule has 13 heteroatoms. The summed E-state index contributed by atoms with van der Waals surface area (Å²) >= 11 is 0. The minimum atomic E-state index is -1.08. The van der Waals surface area contributed by atoms with Gasteiger partial charge in [0.2, 0.25) is 11.9 Å². The fourth-order valence-electron chi connectivity index (χ4n) is 3.29. The molecule has 36 heavy (non-hydrogen) atoms. The molecule has 4 rings (SSSR count). The molecule has 0 saturated carbocycles. The molecule has 0 spiro atoms. The number of aromatic nitrogens is 4. The van der Waals surface area contributed by atoms with E-state index in [4.69, 9.17) is 0 Å². The first kappa shape index (κ1) is 26.6. The van der Waals surface area contributed by atoms with Crippen LogP contribution < -0.4 is 0 Å². The average molecular weight is 671 g/mol. The Morgan fingerprint density at radius 2 is 1.14 bits per heavy atom. The van der Waals surface area contributed by atoms with Gasteiger partial charge in [0.1, 0.15) is 0 Å². The Hall–Kier alpha value is -4.05. The number of nitrogens with zero attached hydrogens (tertiary/aromatic N) is 6. The molecule has 0 atom stereocenters. The van der Waals surface area contributed by atoms with Gasteiger partial charge < -0.3 is 30.2 Å². The monoisotopic (exact) mass is 671 g/mol. The van der Waals surface area contributed by atoms with Gasteiger partial charge in [0.15, 0.2) is 0 Å². The van der Waals surface area contributed by atoms with Crippen molar-refractivity contribution in [3.8, 4) is 22.5 Å². The maximum atomic E-state index is 14.4. The van der Waals surface area contributed by atoms with Gasteiger partial charge in [-0.05, 0) is 60.6 Å². The molecule has 0 bridgehead atoms. The van der Waals surface area contributed by atoms with Crippen molar-refractivity contribution < 1.29 is 39.7 Å². The predicted octanol–water partition coefficient (Wildman–Crippen LogP) is 4.62. The number of hydrogen-bond acceptors (Lipinski definition) is 8. The zero-order chi connectivity index (χ0) is 25.3. The van der Waals surface area contributed by atoms with Gasteiger partial charge in [-0.2, -0.15) is 0 Å². The molecule has 0 unspecified atom stereocenters. The van der Waals surface area contributed by atoms with E-state index in [0.29, 0.717) is 11.4 Å². The Balaban J connectivity index is 0.00000361. The van der Waals surface area contributed by atoms with Gasteiger partial charge in [-0.3, -0.25) is 0 Å². The Morgan fingerprint density at radius 3 is 1.47 bits per heavy atom. The van der Waals surface area contributed by atoms with Crippen LogP contribution in [-0.4, -0.2) is 29.8 Å². The van der Waals surface area contributed by atoms with Gasteiger partial charge in [-0.25, -0.2) is 8.78 Å². The van der Waals surface area contributed by atoms with Crippen molar-refractivity contribution in [1.29, 1.82) is 0 Å². The Labute approximate surface area is 217 Å². The summed E-state index contributed by atoms with van der Waals surface area (Å²) in [5.74, 6) is -3.51. The molecular formula is C23H14F2N6O4Pt. The molecular weight excluding hydrogens is 657 g/mol. The van der Waals surface area contributed by atoms with E-state index in [1.54, 1.807) is 38.1 Å². The van der Waals surface area contributed by atoms with Crippen LogP contribution in [-0.2, 0) is 26.5 Å². The van der Waals surface area contributed by atoms with Crippen LogP contribution in [0.5, 0.6) is 0 Å². The van der Waals surface area contributed by atoms with Crippen molar-refractivity contribution >= 4 is 11.6 Å². The third-order valence-corrected chi connectivity index (χ3v) is 5.19. The van der Waals surface area contributed by atoms with Crippen molar-refractivity contribution in [1.82, 2.24) is 19.9 Å². The summed E-state index contributed by atoms with van der Waals surface area (Å²) < 4.78 is 28.8. The number of nitro groups is 2. The average Bonchev–Trinajstić information content (AvgIpc) is 2.84. The van der Waals surface area contributed by atoms with Crippen molar-refractivity contribution in [2.75, 3.05) is 0 Å². The molecule has 4 heterocycles. The first-order chi connectivity index (χ1) is 16.6. The molecule has 0 saturated heterocycles. The molecule has 0 aliphatic rings. The summed E-state index contributed by atoms with van der Waals surface area (Å²) in [5, 5.41) is 21.6. The smallest absolute Gasteiger partial charge is 0.366 e. The molecule has 4 aromatic heterocycles. The quantitative estimate of drug-likeness (QED) is 0.125. The topological polar surface area (TPSA) is 138 Å². The second-order valence-electron chi connectivity index (χ2n) is 7.80. The normalized spacial score (nSPS) is 11.0. The van der Waals surface area contributed by atoms with E-state index in [-0.39, 0.29) is 43.6 Å². The van der Waals surface area contributed by atoms with Gasteiger partial charge >= 0.3 is 21.1 Å². The van der Waals surface area contributed by atoms with Crippen molar-refractivity contribution in [2.24, 2.45) is 0 Å². The zero-order valence-electron chi connectivity index (χ0n) is 18.5. The van der Waals surface area contributed by atoms with Crippen LogP contribution in [0.15, 0.2) is 48.5 Å². The van der Waals surface area contributed by atoms with E-state index in [2.05, 4.69) is 32.1 Å². The van der Waals surface area contributed by atoms with Crippen LogP contribution in [0.2, 0.25) is 0 Å². The molecule has 0 amide bonds. The molecule has 0 aliphatic carbocycles. The van der Waals surface area contributed by atoms with Crippen molar-refractivity contribution in [2.45, 2.75) is 19.3 Å². The van der Waals surface area contributed by atoms with Crippen LogP contribution in [0.25, 0.3) is 22.5 Å². The molecule has 4 aromatic rings. The van der Waals surface area contributed by atoms with E-state index < -0.39 is 38.8 Å². The first-order valence-corrected chi connectivity index (χ1v) is 9.99. The van der Waals surface area contributed by atoms with Gasteiger partial charge in [-0.15, -0.1) is 22.1 Å². The SMILES string of the molecule is CC(C)(c1cccc(-c2[c-]cc([N+](=O)[O-])nc2F)n1)c1cccc(-c2[c-]cc([N+](=O)[O-])nc2F)n1.[Pt+2]. The van der Waals surface area contributed by atoms with Crippen LogP contribution in [0.1, 0.15) is 25.2 Å². The molecule has 0 radical (unpaired) electrons. The van der Waals surface area contributed by atoms with E-state index in [1.165, 1.54) is 12.1 Å². The van der Waals surface area contributed by atoms with Gasteiger partial charge in [-0.1, -0.05) is 34.1 Å². The third kappa shape index (κ3) is 5.13. The zero-order valence-corrected chi connectivity index (χ0v) is 20.8. The summed E-state index contributed by atoms with van der Waals surface area (Å²) in [6, 6.07) is 16.6. The first-order valence-electron chi connectivity index (χ1n) is 9.99. The Kier molecular flexibility index (Phi) is 7.59. The fraction of sp³-hybridized carbons (Fsp3) is 0.130. The minimum Gasteiger partial charge on any atom is -0.366 e. The molecule has 0 fully saturated rings. The molecule has 0 aromatic carbocycles. The molecule has 10 nitrogen and oxygen atoms in total. The van der Waals surface area contributed by atoms with E-state index in [9.17, 15) is 29.0 Å². The van der Waals surface area contributed by atoms with Crippen molar-refractivity contribution in [3.63, 3.8) is 0 Å². The Morgan fingerprint density at radius 1 is 0.750 bits per heavy atom. The third-order valence-electron chi connectivity index (χ3n) is 5.19. The van der Waals surface area contributed by atoms with Crippen LogP contribution in [0.3, 0.4) is 0 Å². The second kappa shape index (κ2) is 10.3. The minimum absolute atomic E-state index is 0. The summed E-state index contributed by atoms with van der Waals surface area (Å²) in [6.07, 6.45) is 0. The Bertz CT molecular complexity index is 1380. The largest absolute Gasteiger partial charge is 2.00 e. The maximum absolute atomic E-state index is 14.4. The summed E-state index contributed by atoms with van der Waals surface area (Å²) in [4.78, 5) is 35.6. The van der Waals surface area contributed by atoms with Gasteiger partial charge in [0.25, 0.3) is 11.6 Å².